The van der Waals surface area contributed by atoms with E-state index >= 15 is 0 Å². The van der Waals surface area contributed by atoms with Gasteiger partial charge in [-0.15, -0.1) is 0 Å². The van der Waals surface area contributed by atoms with Gasteiger partial charge in [0.15, 0.2) is 0 Å². The van der Waals surface area contributed by atoms with Gasteiger partial charge < -0.3 is 4.89 Å². The molecule has 1 heterocycles. The molecule has 1 N–H and O–H groups in total. The Kier molecular flexibility index (Phi) is 6.32. The second-order valence-corrected chi connectivity index (χ2v) is 3.97. The van der Waals surface area contributed by atoms with Gasteiger partial charge in [0, 0.05) is 26.1 Å². The van der Waals surface area contributed by atoms with E-state index in [1.54, 1.807) is 6.20 Å². The van der Waals surface area contributed by atoms with Gasteiger partial charge in [-0.3, -0.25) is 14.0 Å². The summed E-state index contributed by atoms with van der Waals surface area (Å²) in [6, 6.07) is 5.86. The minimum absolute atomic E-state index is 1.07. The number of nitrogens with zero attached hydrogens (tertiary/aromatic N) is 1. The summed E-state index contributed by atoms with van der Waals surface area (Å²) in [6.45, 7) is 1.97. The molecule has 0 fully saturated rings. The molecule has 0 saturated heterocycles. The Morgan fingerprint density at radius 3 is 2.07 bits per heavy atom. The van der Waals surface area contributed by atoms with Crippen LogP contribution in [0.1, 0.15) is 5.69 Å². The number of pyridine rings is 1. The third kappa shape index (κ3) is 6.74. The minimum Gasteiger partial charge on any atom is -0.303 e. The number of aromatic nitrogens is 1. The maximum Gasteiger partial charge on any atom is 0.471 e. The molecule has 0 aliphatic carbocycles. The molecule has 0 amide bonds. The smallest absolute Gasteiger partial charge is 0.303 e. The van der Waals surface area contributed by atoms with Gasteiger partial charge in [0.25, 0.3) is 0 Å². The lowest BCUT2D eigenvalue weighted by Gasteiger charge is -2.01. The second-order valence-electron chi connectivity index (χ2n) is 2.30. The standard InChI is InChI=1S/C6H7N.C2H7O4P/c1-6-4-2-3-5-7-6;1-5-7(3,4)6-2/h2-5H,1H3;1-2H3,(H,3,4). The molecule has 0 bridgehead atoms. The van der Waals surface area contributed by atoms with E-state index in [2.05, 4.69) is 14.0 Å². The van der Waals surface area contributed by atoms with Gasteiger partial charge in [-0.05, 0) is 19.1 Å². The topological polar surface area (TPSA) is 68.7 Å². The van der Waals surface area contributed by atoms with Gasteiger partial charge in [0.05, 0.1) is 0 Å². The lowest BCUT2D eigenvalue weighted by molar-refractivity contribution is 0.204. The highest BCUT2D eigenvalue weighted by Crippen LogP contribution is 2.40. The molecule has 0 radical (unpaired) electrons. The molecule has 0 aliphatic rings. The lowest BCUT2D eigenvalue weighted by Crippen LogP contribution is -1.83. The van der Waals surface area contributed by atoms with E-state index in [0.717, 1.165) is 19.9 Å². The van der Waals surface area contributed by atoms with Crippen molar-refractivity contribution in [1.82, 2.24) is 4.98 Å². The summed E-state index contributed by atoms with van der Waals surface area (Å²) in [5, 5.41) is 0. The van der Waals surface area contributed by atoms with Gasteiger partial charge in [-0.25, -0.2) is 4.57 Å². The summed E-state index contributed by atoms with van der Waals surface area (Å²) in [4.78, 5) is 12.2. The number of hydrogen-bond acceptors (Lipinski definition) is 4. The van der Waals surface area contributed by atoms with Crippen LogP contribution in [0, 0.1) is 6.92 Å². The maximum absolute atomic E-state index is 10.1. The molecule has 1 aromatic heterocycles. The highest BCUT2D eigenvalue weighted by molar-refractivity contribution is 7.47. The highest BCUT2D eigenvalue weighted by atomic mass is 31.2. The molecule has 6 heteroatoms. The Morgan fingerprint density at radius 2 is 1.93 bits per heavy atom. The Bertz CT molecular complexity index is 283. The molecule has 0 unspecified atom stereocenters. The fraction of sp³-hybridized carbons (Fsp3) is 0.375. The predicted molar refractivity (Wildman–Crippen MR) is 52.8 cm³/mol. The van der Waals surface area contributed by atoms with Crippen LogP contribution in [0.15, 0.2) is 24.4 Å². The predicted octanol–water partition coefficient (Wildman–Crippen LogP) is 1.77. The number of phosphoric acid groups is 1. The fourth-order valence-electron chi connectivity index (χ4n) is 0.523. The van der Waals surface area contributed by atoms with Crippen molar-refractivity contribution in [2.75, 3.05) is 14.2 Å². The SMILES string of the molecule is COP(=O)(O)OC.Cc1ccccn1. The van der Waals surface area contributed by atoms with Crippen LogP contribution in [0.2, 0.25) is 0 Å². The monoisotopic (exact) mass is 219 g/mol. The molecule has 0 aromatic carbocycles. The molecule has 80 valence electrons. The van der Waals surface area contributed by atoms with Crippen molar-refractivity contribution in [3.63, 3.8) is 0 Å². The van der Waals surface area contributed by atoms with E-state index in [0.29, 0.717) is 0 Å². The summed E-state index contributed by atoms with van der Waals surface area (Å²) in [7, 11) is -1.45. The lowest BCUT2D eigenvalue weighted by atomic mass is 10.4. The van der Waals surface area contributed by atoms with Gasteiger partial charge in [-0.2, -0.15) is 0 Å². The maximum atomic E-state index is 10.1. The zero-order chi connectivity index (χ0) is 11.0. The third-order valence-corrected chi connectivity index (χ3v) is 2.20. The van der Waals surface area contributed by atoms with Crippen LogP contribution in [0.5, 0.6) is 0 Å². The van der Waals surface area contributed by atoms with Crippen LogP contribution >= 0.6 is 7.82 Å². The zero-order valence-corrected chi connectivity index (χ0v) is 9.27. The van der Waals surface area contributed by atoms with Crippen LogP contribution < -0.4 is 0 Å². The summed E-state index contributed by atoms with van der Waals surface area (Å²) < 4.78 is 18.0. The van der Waals surface area contributed by atoms with E-state index < -0.39 is 7.82 Å². The fourth-order valence-corrected chi connectivity index (χ4v) is 0.672. The molecule has 5 nitrogen and oxygen atoms in total. The Morgan fingerprint density at radius 1 is 1.36 bits per heavy atom. The third-order valence-electron chi connectivity index (χ3n) is 1.27. The molecule has 14 heavy (non-hydrogen) atoms. The Hall–Kier alpha value is -0.740. The van der Waals surface area contributed by atoms with Gasteiger partial charge in [-0.1, -0.05) is 6.07 Å². The molecule has 0 saturated carbocycles. The molecule has 0 aliphatic heterocycles. The van der Waals surface area contributed by atoms with E-state index in [9.17, 15) is 4.57 Å². The zero-order valence-electron chi connectivity index (χ0n) is 8.38. The number of phosphoric ester groups is 1. The van der Waals surface area contributed by atoms with Gasteiger partial charge in [0.2, 0.25) is 0 Å². The van der Waals surface area contributed by atoms with Gasteiger partial charge >= 0.3 is 7.82 Å². The van der Waals surface area contributed by atoms with Crippen LogP contribution in [0.25, 0.3) is 0 Å². The molecule has 0 atom stereocenters. The van der Waals surface area contributed by atoms with E-state index in [-0.39, 0.29) is 0 Å². The summed E-state index contributed by atoms with van der Waals surface area (Å²) in [5.41, 5.74) is 1.07. The van der Waals surface area contributed by atoms with Crippen molar-refractivity contribution in [3.05, 3.63) is 30.1 Å². The molecule has 1 aromatic rings. The average Bonchev–Trinajstić information content (AvgIpc) is 2.20. The van der Waals surface area contributed by atoms with E-state index in [4.69, 9.17) is 4.89 Å². The van der Waals surface area contributed by atoms with Crippen molar-refractivity contribution in [2.24, 2.45) is 0 Å². The Balaban J connectivity index is 0.000000241. The van der Waals surface area contributed by atoms with Crippen LogP contribution in [-0.2, 0) is 13.6 Å². The number of rotatable bonds is 2. The molecule has 1 rings (SSSR count). The first kappa shape index (κ1) is 13.3. The second kappa shape index (κ2) is 6.68. The van der Waals surface area contributed by atoms with Crippen LogP contribution in [0.4, 0.5) is 0 Å². The van der Waals surface area contributed by atoms with Crippen molar-refractivity contribution in [3.8, 4) is 0 Å². The van der Waals surface area contributed by atoms with Crippen molar-refractivity contribution in [2.45, 2.75) is 6.92 Å². The first-order valence-electron chi connectivity index (χ1n) is 3.83. The summed E-state index contributed by atoms with van der Waals surface area (Å²) in [6.07, 6.45) is 1.79. The van der Waals surface area contributed by atoms with Crippen molar-refractivity contribution >= 4 is 7.82 Å². The van der Waals surface area contributed by atoms with Crippen LogP contribution in [-0.4, -0.2) is 24.1 Å². The van der Waals surface area contributed by atoms with Crippen molar-refractivity contribution < 1.29 is 18.5 Å². The van der Waals surface area contributed by atoms with E-state index in [1.165, 1.54) is 0 Å². The highest BCUT2D eigenvalue weighted by Gasteiger charge is 2.13. The summed E-state index contributed by atoms with van der Waals surface area (Å²) >= 11 is 0. The van der Waals surface area contributed by atoms with E-state index in [1.807, 2.05) is 25.1 Å². The first-order valence-corrected chi connectivity index (χ1v) is 5.33. The average molecular weight is 219 g/mol. The quantitative estimate of drug-likeness (QED) is 0.767. The first-order chi connectivity index (χ1) is 6.52. The number of aryl methyl sites for hydroxylation is 1. The summed E-state index contributed by atoms with van der Waals surface area (Å²) in [5.74, 6) is 0. The molecule has 0 spiro atoms. The largest absolute Gasteiger partial charge is 0.471 e. The van der Waals surface area contributed by atoms with Crippen LogP contribution in [0.3, 0.4) is 0 Å². The number of hydrogen-bond donors (Lipinski definition) is 1. The Labute approximate surface area is 83.3 Å². The van der Waals surface area contributed by atoms with Gasteiger partial charge in [0.1, 0.15) is 0 Å². The molecular weight excluding hydrogens is 205 g/mol. The molecular formula is C8H14NO4P. The normalized spacial score (nSPS) is 10.3. The van der Waals surface area contributed by atoms with Crippen molar-refractivity contribution in [1.29, 1.82) is 0 Å². The minimum atomic E-state index is -3.65.